The molecule has 0 aliphatic carbocycles. The van der Waals surface area contributed by atoms with E-state index in [1.54, 1.807) is 0 Å². The third-order valence-corrected chi connectivity index (χ3v) is 6.36. The maximum absolute atomic E-state index is 13.5. The SMILES string of the molecule is FC(F)(F)C(F)(F)C(F)(F)C(F)(F)C(F)(F)C(F)(F)C(F)(F)C(F)(F)CCC[Si](Cl)(Cl)Cl. The zero-order valence-corrected chi connectivity index (χ0v) is 17.4. The van der Waals surface area contributed by atoms with Gasteiger partial charge in [0.15, 0.2) is 0 Å². The average Bonchev–Trinajstić information content (AvgIpc) is 2.50. The van der Waals surface area contributed by atoms with Crippen molar-refractivity contribution in [2.45, 2.75) is 66.5 Å². The van der Waals surface area contributed by atoms with Crippen LogP contribution in [0.4, 0.5) is 74.6 Å². The van der Waals surface area contributed by atoms with Crippen molar-refractivity contribution >= 4 is 39.2 Å². The quantitative estimate of drug-likeness (QED) is 0.135. The number of alkyl halides is 17. The van der Waals surface area contributed by atoms with Gasteiger partial charge in [-0.25, -0.2) is 0 Å². The normalized spacial score (nSPS) is 16.5. The predicted octanol–water partition coefficient (Wildman–Crippen LogP) is 8.43. The van der Waals surface area contributed by atoms with Gasteiger partial charge in [0.1, 0.15) is 0 Å². The molecule has 0 rings (SSSR count). The summed E-state index contributed by atoms with van der Waals surface area (Å²) in [7, 11) is 0. The van der Waals surface area contributed by atoms with E-state index < -0.39 is 72.5 Å². The van der Waals surface area contributed by atoms with Crippen molar-refractivity contribution in [1.82, 2.24) is 0 Å². The monoisotopic (exact) mass is 594 g/mol. The molecule has 0 aromatic carbocycles. The van der Waals surface area contributed by atoms with Gasteiger partial charge in [-0.1, -0.05) is 0 Å². The highest BCUT2D eigenvalue weighted by atomic mass is 35.8. The van der Waals surface area contributed by atoms with E-state index in [4.69, 9.17) is 33.2 Å². The molecule has 194 valence electrons. The minimum atomic E-state index is -8.63. The third-order valence-electron chi connectivity index (χ3n) is 3.74. The number of rotatable bonds is 10. The van der Waals surface area contributed by atoms with Crippen LogP contribution in [-0.2, 0) is 0 Å². The second kappa shape index (κ2) is 8.53. The summed E-state index contributed by atoms with van der Waals surface area (Å²) in [5, 5.41) is 0. The Morgan fingerprint density at radius 2 is 0.719 bits per heavy atom. The Labute approximate surface area is 181 Å². The van der Waals surface area contributed by atoms with Crippen molar-refractivity contribution in [1.29, 1.82) is 0 Å². The second-order valence-electron chi connectivity index (χ2n) is 6.12. The topological polar surface area (TPSA) is 0 Å². The van der Waals surface area contributed by atoms with Gasteiger partial charge in [0.05, 0.1) is 0 Å². The molecule has 21 heteroatoms. The maximum atomic E-state index is 13.5. The first-order valence-electron chi connectivity index (χ1n) is 7.24. The molecular weight excluding hydrogens is 590 g/mol. The van der Waals surface area contributed by atoms with Crippen molar-refractivity contribution in [2.75, 3.05) is 0 Å². The maximum Gasteiger partial charge on any atom is 0.460 e. The first-order chi connectivity index (χ1) is 13.5. The minimum Gasteiger partial charge on any atom is -0.200 e. The molecule has 0 saturated carbocycles. The molecule has 0 spiro atoms. The Morgan fingerprint density at radius 3 is 1.00 bits per heavy atom. The van der Waals surface area contributed by atoms with E-state index in [0.717, 1.165) is 0 Å². The minimum absolute atomic E-state index is 1.00. The van der Waals surface area contributed by atoms with Gasteiger partial charge in [-0.15, -0.1) is 33.2 Å². The van der Waals surface area contributed by atoms with E-state index in [-0.39, 0.29) is 0 Å². The smallest absolute Gasteiger partial charge is 0.200 e. The molecule has 0 bridgehead atoms. The number of halogens is 20. The van der Waals surface area contributed by atoms with Crippen LogP contribution in [0.3, 0.4) is 0 Å². The van der Waals surface area contributed by atoms with Gasteiger partial charge in [0.2, 0.25) is 0 Å². The molecule has 0 N–H and O–H groups in total. The predicted molar refractivity (Wildman–Crippen MR) is 78.0 cm³/mol. The summed E-state index contributed by atoms with van der Waals surface area (Å²) in [4.78, 5) is 0. The van der Waals surface area contributed by atoms with Crippen LogP contribution in [0, 0.1) is 0 Å². The van der Waals surface area contributed by atoms with Gasteiger partial charge in [-0.2, -0.15) is 74.6 Å². The summed E-state index contributed by atoms with van der Waals surface area (Å²) in [5.41, 5.74) is 0. The summed E-state index contributed by atoms with van der Waals surface area (Å²) in [6.45, 7) is 0. The standard InChI is InChI=1S/C11H6Cl3F17Si/c12-32(13,14)3-1-2-4(15,16)5(17,18)6(19,20)7(21,22)8(23,24)9(25,26)10(27,28)11(29,30)31/h1-3H2. The van der Waals surface area contributed by atoms with E-state index >= 15 is 0 Å². The van der Waals surface area contributed by atoms with Crippen LogP contribution in [0.15, 0.2) is 0 Å². The van der Waals surface area contributed by atoms with Crippen LogP contribution < -0.4 is 0 Å². The lowest BCUT2D eigenvalue weighted by Crippen LogP contribution is -2.74. The first kappa shape index (κ1) is 31.9. The van der Waals surface area contributed by atoms with Crippen LogP contribution in [0.1, 0.15) is 12.8 Å². The highest BCUT2D eigenvalue weighted by Crippen LogP contribution is 2.64. The molecule has 0 amide bonds. The Kier molecular flexibility index (Phi) is 8.50. The van der Waals surface area contributed by atoms with Crippen molar-refractivity contribution in [3.05, 3.63) is 0 Å². The summed E-state index contributed by atoms with van der Waals surface area (Å²) < 4.78 is 221. The third kappa shape index (κ3) is 4.97. The highest BCUT2D eigenvalue weighted by Gasteiger charge is 2.95. The van der Waals surface area contributed by atoms with Gasteiger partial charge < -0.3 is 0 Å². The van der Waals surface area contributed by atoms with Gasteiger partial charge in [0.25, 0.3) is 0 Å². The van der Waals surface area contributed by atoms with Crippen LogP contribution in [0.2, 0.25) is 6.04 Å². The fourth-order valence-corrected chi connectivity index (χ4v) is 3.64. The Balaban J connectivity index is 6.41. The average molecular weight is 596 g/mol. The van der Waals surface area contributed by atoms with Gasteiger partial charge in [0, 0.05) is 6.42 Å². The van der Waals surface area contributed by atoms with E-state index in [0.29, 0.717) is 0 Å². The summed E-state index contributed by atoms with van der Waals surface area (Å²) in [5.74, 6) is -56.3. The van der Waals surface area contributed by atoms with Gasteiger partial charge >= 0.3 is 53.6 Å². The Hall–Kier alpha value is -0.103. The molecular formula is C11H6Cl3F17Si. The molecule has 0 unspecified atom stereocenters. The molecule has 0 radical (unpaired) electrons. The molecule has 0 atom stereocenters. The van der Waals surface area contributed by atoms with Gasteiger partial charge in [-0.3, -0.25) is 0 Å². The lowest BCUT2D eigenvalue weighted by molar-refractivity contribution is -0.461. The van der Waals surface area contributed by atoms with Crippen LogP contribution in [0.5, 0.6) is 0 Å². The van der Waals surface area contributed by atoms with E-state index in [1.807, 2.05) is 0 Å². The first-order valence-corrected chi connectivity index (χ1v) is 12.5. The fourth-order valence-electron chi connectivity index (χ4n) is 1.86. The molecule has 0 aromatic heterocycles. The van der Waals surface area contributed by atoms with Crippen molar-refractivity contribution in [3.8, 4) is 0 Å². The lowest BCUT2D eigenvalue weighted by atomic mass is 9.88. The van der Waals surface area contributed by atoms with Crippen molar-refractivity contribution in [3.63, 3.8) is 0 Å². The molecule has 0 saturated heterocycles. The zero-order valence-electron chi connectivity index (χ0n) is 14.2. The Morgan fingerprint density at radius 1 is 0.438 bits per heavy atom. The number of hydrogen-bond donors (Lipinski definition) is 0. The highest BCUT2D eigenvalue weighted by molar-refractivity contribution is 7.64. The van der Waals surface area contributed by atoms with E-state index in [1.165, 1.54) is 0 Å². The molecule has 0 fully saturated rings. The lowest BCUT2D eigenvalue weighted by Gasteiger charge is -2.42. The van der Waals surface area contributed by atoms with Gasteiger partial charge in [-0.05, 0) is 12.5 Å². The number of hydrogen-bond acceptors (Lipinski definition) is 0. The van der Waals surface area contributed by atoms with Crippen LogP contribution in [0.25, 0.3) is 0 Å². The zero-order chi connectivity index (χ0) is 26.6. The van der Waals surface area contributed by atoms with Crippen LogP contribution in [-0.4, -0.2) is 53.6 Å². The summed E-state index contributed by atoms with van der Waals surface area (Å²) in [6.07, 6.45) is -11.8. The molecule has 0 nitrogen and oxygen atoms in total. The van der Waals surface area contributed by atoms with Crippen molar-refractivity contribution < 1.29 is 74.6 Å². The Bertz CT molecular complexity index is 666. The summed E-state index contributed by atoms with van der Waals surface area (Å²) in [6, 6.07) is -4.90. The molecule has 0 heterocycles. The molecule has 32 heavy (non-hydrogen) atoms. The van der Waals surface area contributed by atoms with Crippen LogP contribution >= 0.6 is 33.2 Å². The van der Waals surface area contributed by atoms with E-state index in [9.17, 15) is 74.6 Å². The molecule has 0 aliphatic rings. The van der Waals surface area contributed by atoms with E-state index in [2.05, 4.69) is 0 Å². The second-order valence-corrected chi connectivity index (χ2v) is 15.4. The largest absolute Gasteiger partial charge is 0.460 e. The molecule has 0 aliphatic heterocycles. The fraction of sp³-hybridized carbons (Fsp3) is 1.00. The summed E-state index contributed by atoms with van der Waals surface area (Å²) >= 11 is 15.5. The van der Waals surface area contributed by atoms with Crippen molar-refractivity contribution in [2.24, 2.45) is 0 Å². The molecule has 0 aromatic rings.